The molecular formula is C22H24N4O2. The van der Waals surface area contributed by atoms with Gasteiger partial charge in [0.25, 0.3) is 5.56 Å². The van der Waals surface area contributed by atoms with Crippen molar-refractivity contribution in [3.8, 4) is 0 Å². The highest BCUT2D eigenvalue weighted by molar-refractivity contribution is 6.04. The molecular weight excluding hydrogens is 352 g/mol. The first-order valence-electron chi connectivity index (χ1n) is 9.76. The zero-order valence-corrected chi connectivity index (χ0v) is 16.0. The standard InChI is InChI=1S/C22H24N4O2/c1-2-28-15-7-14-26-21(27)18-10-5-6-11-19(18)23-22(26)25-24-20-13-12-16-8-3-4-9-17(16)20/h3-6,8-11H,2,7,12-15H2,1H3,(H,23,25)/b24-20-. The Hall–Kier alpha value is -2.99. The second kappa shape index (κ2) is 8.35. The molecule has 3 aromatic rings. The van der Waals surface area contributed by atoms with Crippen molar-refractivity contribution in [1.29, 1.82) is 0 Å². The van der Waals surface area contributed by atoms with Crippen molar-refractivity contribution in [2.24, 2.45) is 5.10 Å². The van der Waals surface area contributed by atoms with E-state index in [2.05, 4.69) is 33.7 Å². The second-order valence-corrected chi connectivity index (χ2v) is 6.79. The van der Waals surface area contributed by atoms with Crippen LogP contribution in [0.5, 0.6) is 0 Å². The Morgan fingerprint density at radius 3 is 2.86 bits per heavy atom. The molecule has 6 heteroatoms. The minimum atomic E-state index is -0.0587. The van der Waals surface area contributed by atoms with Gasteiger partial charge >= 0.3 is 0 Å². The molecule has 0 bridgehead atoms. The number of nitrogens with zero attached hydrogens (tertiary/aromatic N) is 3. The first-order valence-corrected chi connectivity index (χ1v) is 9.76. The van der Waals surface area contributed by atoms with Gasteiger partial charge in [0.05, 0.1) is 16.6 Å². The molecule has 0 spiro atoms. The van der Waals surface area contributed by atoms with E-state index in [0.717, 1.165) is 25.0 Å². The average Bonchev–Trinajstić information content (AvgIpc) is 3.14. The Balaban J connectivity index is 1.67. The number of anilines is 1. The Morgan fingerprint density at radius 2 is 1.96 bits per heavy atom. The molecule has 2 aromatic carbocycles. The fraction of sp³-hybridized carbons (Fsp3) is 0.318. The number of ether oxygens (including phenoxy) is 1. The van der Waals surface area contributed by atoms with Gasteiger partial charge in [-0.2, -0.15) is 5.10 Å². The third kappa shape index (κ3) is 3.68. The minimum Gasteiger partial charge on any atom is -0.382 e. The summed E-state index contributed by atoms with van der Waals surface area (Å²) in [6.45, 7) is 3.77. The first-order chi connectivity index (χ1) is 13.8. The van der Waals surface area contributed by atoms with Gasteiger partial charge in [0, 0.05) is 25.3 Å². The van der Waals surface area contributed by atoms with Crippen LogP contribution in [-0.4, -0.2) is 28.5 Å². The number of hydrogen-bond donors (Lipinski definition) is 1. The van der Waals surface area contributed by atoms with E-state index in [1.165, 1.54) is 11.1 Å². The van der Waals surface area contributed by atoms with Crippen LogP contribution in [0.2, 0.25) is 0 Å². The van der Waals surface area contributed by atoms with E-state index >= 15 is 0 Å². The number of benzene rings is 2. The summed E-state index contributed by atoms with van der Waals surface area (Å²) in [6, 6.07) is 15.7. The van der Waals surface area contributed by atoms with E-state index in [9.17, 15) is 4.79 Å². The summed E-state index contributed by atoms with van der Waals surface area (Å²) in [5, 5.41) is 5.22. The summed E-state index contributed by atoms with van der Waals surface area (Å²) in [7, 11) is 0. The van der Waals surface area contributed by atoms with Crippen molar-refractivity contribution in [3.63, 3.8) is 0 Å². The zero-order chi connectivity index (χ0) is 19.3. The van der Waals surface area contributed by atoms with Gasteiger partial charge in [0.2, 0.25) is 5.95 Å². The normalized spacial score (nSPS) is 14.5. The molecule has 0 aliphatic heterocycles. The molecule has 1 aromatic heterocycles. The van der Waals surface area contributed by atoms with Crippen LogP contribution in [0, 0.1) is 0 Å². The fourth-order valence-electron chi connectivity index (χ4n) is 3.57. The maximum atomic E-state index is 13.0. The molecule has 1 N–H and O–H groups in total. The van der Waals surface area contributed by atoms with E-state index < -0.39 is 0 Å². The lowest BCUT2D eigenvalue weighted by molar-refractivity contribution is 0.141. The van der Waals surface area contributed by atoms with Crippen molar-refractivity contribution in [3.05, 3.63) is 70.0 Å². The Bertz CT molecular complexity index is 1070. The molecule has 0 saturated carbocycles. The van der Waals surface area contributed by atoms with E-state index in [0.29, 0.717) is 36.6 Å². The van der Waals surface area contributed by atoms with Gasteiger partial charge < -0.3 is 4.74 Å². The summed E-state index contributed by atoms with van der Waals surface area (Å²) in [5.41, 5.74) is 7.16. The van der Waals surface area contributed by atoms with Gasteiger partial charge in [-0.3, -0.25) is 9.36 Å². The third-order valence-corrected chi connectivity index (χ3v) is 4.99. The molecule has 0 unspecified atom stereocenters. The van der Waals surface area contributed by atoms with Crippen molar-refractivity contribution in [2.75, 3.05) is 18.6 Å². The molecule has 0 saturated heterocycles. The van der Waals surface area contributed by atoms with Crippen molar-refractivity contribution in [1.82, 2.24) is 9.55 Å². The van der Waals surface area contributed by atoms with Crippen LogP contribution in [-0.2, 0) is 17.7 Å². The van der Waals surface area contributed by atoms with Crippen LogP contribution in [0.4, 0.5) is 5.95 Å². The number of para-hydroxylation sites is 1. The molecule has 4 rings (SSSR count). The number of fused-ring (bicyclic) bond motifs is 2. The van der Waals surface area contributed by atoms with Crippen molar-refractivity contribution < 1.29 is 4.74 Å². The molecule has 0 amide bonds. The number of rotatable bonds is 7. The molecule has 0 radical (unpaired) electrons. The first kappa shape index (κ1) is 18.4. The maximum absolute atomic E-state index is 13.0. The van der Waals surface area contributed by atoms with Crippen LogP contribution in [0.1, 0.15) is 30.9 Å². The number of nitrogens with one attached hydrogen (secondary N) is 1. The Labute approximate surface area is 163 Å². The molecule has 0 atom stereocenters. The Morgan fingerprint density at radius 1 is 1.14 bits per heavy atom. The predicted molar refractivity (Wildman–Crippen MR) is 112 cm³/mol. The lowest BCUT2D eigenvalue weighted by atomic mass is 10.1. The monoisotopic (exact) mass is 376 g/mol. The van der Waals surface area contributed by atoms with Crippen LogP contribution >= 0.6 is 0 Å². The SMILES string of the molecule is CCOCCCn1c(N/N=C2/CCc3ccccc32)nc2ccccc2c1=O. The van der Waals surface area contributed by atoms with E-state index in [4.69, 9.17) is 4.74 Å². The largest absolute Gasteiger partial charge is 0.382 e. The highest BCUT2D eigenvalue weighted by atomic mass is 16.5. The quantitative estimate of drug-likeness (QED) is 0.505. The zero-order valence-electron chi connectivity index (χ0n) is 16.0. The molecule has 28 heavy (non-hydrogen) atoms. The van der Waals surface area contributed by atoms with Crippen molar-refractivity contribution >= 4 is 22.6 Å². The highest BCUT2D eigenvalue weighted by Gasteiger charge is 2.17. The van der Waals surface area contributed by atoms with Gasteiger partial charge in [-0.05, 0) is 43.9 Å². The summed E-state index contributed by atoms with van der Waals surface area (Å²) in [4.78, 5) is 17.7. The lowest BCUT2D eigenvalue weighted by Gasteiger charge is -2.13. The second-order valence-electron chi connectivity index (χ2n) is 6.79. The van der Waals surface area contributed by atoms with Gasteiger partial charge in [0.1, 0.15) is 0 Å². The minimum absolute atomic E-state index is 0.0587. The van der Waals surface area contributed by atoms with E-state index in [1.54, 1.807) is 4.57 Å². The van der Waals surface area contributed by atoms with Crippen LogP contribution in [0.15, 0.2) is 58.4 Å². The number of hydrogen-bond acceptors (Lipinski definition) is 5. The fourth-order valence-corrected chi connectivity index (χ4v) is 3.57. The van der Waals surface area contributed by atoms with Gasteiger partial charge in [-0.1, -0.05) is 36.4 Å². The summed E-state index contributed by atoms with van der Waals surface area (Å²) < 4.78 is 7.08. The predicted octanol–water partition coefficient (Wildman–Crippen LogP) is 3.59. The van der Waals surface area contributed by atoms with Crippen LogP contribution < -0.4 is 11.0 Å². The van der Waals surface area contributed by atoms with E-state index in [-0.39, 0.29) is 5.56 Å². The maximum Gasteiger partial charge on any atom is 0.262 e. The molecule has 0 fully saturated rings. The lowest BCUT2D eigenvalue weighted by Crippen LogP contribution is -2.25. The highest BCUT2D eigenvalue weighted by Crippen LogP contribution is 2.22. The summed E-state index contributed by atoms with van der Waals surface area (Å²) in [5.74, 6) is 0.470. The number of aryl methyl sites for hydroxylation is 1. The number of hydrazone groups is 1. The summed E-state index contributed by atoms with van der Waals surface area (Å²) in [6.07, 6.45) is 2.61. The molecule has 1 aliphatic carbocycles. The Kier molecular flexibility index (Phi) is 5.48. The molecule has 1 heterocycles. The van der Waals surface area contributed by atoms with Crippen molar-refractivity contribution in [2.45, 2.75) is 32.7 Å². The average molecular weight is 376 g/mol. The topological polar surface area (TPSA) is 68.5 Å². The molecule has 1 aliphatic rings. The van der Waals surface area contributed by atoms with Gasteiger partial charge in [-0.15, -0.1) is 0 Å². The molecule has 6 nitrogen and oxygen atoms in total. The summed E-state index contributed by atoms with van der Waals surface area (Å²) >= 11 is 0. The molecule has 144 valence electrons. The van der Waals surface area contributed by atoms with Gasteiger partial charge in [-0.25, -0.2) is 10.4 Å². The smallest absolute Gasteiger partial charge is 0.262 e. The van der Waals surface area contributed by atoms with E-state index in [1.807, 2.05) is 37.3 Å². The number of aromatic nitrogens is 2. The third-order valence-electron chi connectivity index (χ3n) is 4.99. The van der Waals surface area contributed by atoms with Gasteiger partial charge in [0.15, 0.2) is 0 Å². The van der Waals surface area contributed by atoms with Crippen LogP contribution in [0.3, 0.4) is 0 Å². The van der Waals surface area contributed by atoms with Crippen LogP contribution in [0.25, 0.3) is 10.9 Å².